The van der Waals surface area contributed by atoms with Crippen LogP contribution in [0.15, 0.2) is 52.4 Å². The predicted octanol–water partition coefficient (Wildman–Crippen LogP) is 4.40. The summed E-state index contributed by atoms with van der Waals surface area (Å²) in [6, 6.07) is 13.3. The van der Waals surface area contributed by atoms with E-state index in [2.05, 4.69) is 24.1 Å². The van der Waals surface area contributed by atoms with Crippen LogP contribution in [0, 0.1) is 19.8 Å². The molecule has 28 heavy (non-hydrogen) atoms. The van der Waals surface area contributed by atoms with Gasteiger partial charge in [0.2, 0.25) is 5.91 Å². The van der Waals surface area contributed by atoms with E-state index in [-0.39, 0.29) is 17.2 Å². The number of hydrogen-bond donors (Lipinski definition) is 1. The van der Waals surface area contributed by atoms with Crippen molar-refractivity contribution in [3.8, 4) is 0 Å². The van der Waals surface area contributed by atoms with Crippen LogP contribution in [0.25, 0.3) is 10.9 Å². The highest BCUT2D eigenvalue weighted by Crippen LogP contribution is 2.21. The molecule has 0 unspecified atom stereocenters. The number of carbonyl (C=O) groups is 1. The fourth-order valence-corrected chi connectivity index (χ4v) is 3.78. The van der Waals surface area contributed by atoms with Gasteiger partial charge in [-0.2, -0.15) is 0 Å². The van der Waals surface area contributed by atoms with Crippen LogP contribution in [0.2, 0.25) is 0 Å². The maximum Gasteiger partial charge on any atom is 0.262 e. The van der Waals surface area contributed by atoms with Gasteiger partial charge in [-0.3, -0.25) is 14.2 Å². The molecule has 146 valence electrons. The van der Waals surface area contributed by atoms with Crippen molar-refractivity contribution in [2.24, 2.45) is 5.92 Å². The van der Waals surface area contributed by atoms with Crippen LogP contribution in [0.4, 0.5) is 5.69 Å². The molecule has 6 heteroatoms. The normalized spacial score (nSPS) is 11.2. The van der Waals surface area contributed by atoms with Gasteiger partial charge in [-0.25, -0.2) is 4.98 Å². The first-order chi connectivity index (χ1) is 13.3. The summed E-state index contributed by atoms with van der Waals surface area (Å²) in [7, 11) is 0. The van der Waals surface area contributed by atoms with E-state index < -0.39 is 0 Å². The standard InChI is InChI=1S/C22H25N3O2S/c1-14(2)12-25-21(27)17-7-5-6-8-18(17)24-22(25)28-13-20(26)23-19-11-15(3)9-10-16(19)4/h5-11,14H,12-13H2,1-4H3,(H,23,26). The molecule has 1 heterocycles. The van der Waals surface area contributed by atoms with Gasteiger partial charge in [0.1, 0.15) is 0 Å². The first-order valence-corrected chi connectivity index (χ1v) is 10.3. The van der Waals surface area contributed by atoms with Crippen LogP contribution in [-0.2, 0) is 11.3 Å². The number of aromatic nitrogens is 2. The quantitative estimate of drug-likeness (QED) is 0.496. The second-order valence-electron chi connectivity index (χ2n) is 7.38. The second kappa shape index (κ2) is 8.61. The molecule has 5 nitrogen and oxygen atoms in total. The SMILES string of the molecule is Cc1ccc(C)c(NC(=O)CSc2nc3ccccc3c(=O)n2CC(C)C)c1. The van der Waals surface area contributed by atoms with Gasteiger partial charge in [-0.1, -0.05) is 49.9 Å². The zero-order valence-corrected chi connectivity index (χ0v) is 17.5. The number of fused-ring (bicyclic) bond motifs is 1. The maximum atomic E-state index is 12.9. The molecule has 0 saturated carbocycles. The van der Waals surface area contributed by atoms with Gasteiger partial charge in [0.25, 0.3) is 5.56 Å². The van der Waals surface area contributed by atoms with Gasteiger partial charge in [-0.15, -0.1) is 0 Å². The summed E-state index contributed by atoms with van der Waals surface area (Å²) in [5.41, 5.74) is 3.53. The summed E-state index contributed by atoms with van der Waals surface area (Å²) in [6.07, 6.45) is 0. The van der Waals surface area contributed by atoms with Gasteiger partial charge >= 0.3 is 0 Å². The van der Waals surface area contributed by atoms with Crippen molar-refractivity contribution >= 4 is 34.3 Å². The van der Waals surface area contributed by atoms with E-state index in [0.29, 0.717) is 28.5 Å². The minimum Gasteiger partial charge on any atom is -0.325 e. The van der Waals surface area contributed by atoms with E-state index in [4.69, 9.17) is 0 Å². The molecule has 0 aliphatic carbocycles. The Hall–Kier alpha value is -2.60. The first kappa shape index (κ1) is 20.1. The van der Waals surface area contributed by atoms with Gasteiger partial charge in [0, 0.05) is 12.2 Å². The Kier molecular flexibility index (Phi) is 6.19. The van der Waals surface area contributed by atoms with Crippen molar-refractivity contribution < 1.29 is 4.79 Å². The third-order valence-electron chi connectivity index (χ3n) is 4.37. The van der Waals surface area contributed by atoms with Gasteiger partial charge in [0.15, 0.2) is 5.16 Å². The Morgan fingerprint density at radius 3 is 2.68 bits per heavy atom. The number of thioether (sulfide) groups is 1. The van der Waals surface area contributed by atoms with E-state index in [1.165, 1.54) is 11.8 Å². The summed E-state index contributed by atoms with van der Waals surface area (Å²) >= 11 is 1.30. The zero-order chi connectivity index (χ0) is 20.3. The number of nitrogens with one attached hydrogen (secondary N) is 1. The van der Waals surface area contributed by atoms with Crippen molar-refractivity contribution in [2.75, 3.05) is 11.1 Å². The Labute approximate surface area is 169 Å². The van der Waals surface area contributed by atoms with Crippen LogP contribution < -0.4 is 10.9 Å². The Morgan fingerprint density at radius 2 is 1.93 bits per heavy atom. The lowest BCUT2D eigenvalue weighted by atomic mass is 10.1. The lowest BCUT2D eigenvalue weighted by Gasteiger charge is -2.15. The molecular weight excluding hydrogens is 370 g/mol. The summed E-state index contributed by atoms with van der Waals surface area (Å²) in [5, 5.41) is 4.14. The molecule has 0 aliphatic rings. The summed E-state index contributed by atoms with van der Waals surface area (Å²) in [5.74, 6) is 0.372. The highest BCUT2D eigenvalue weighted by Gasteiger charge is 2.14. The highest BCUT2D eigenvalue weighted by atomic mass is 32.2. The van der Waals surface area contributed by atoms with Crippen molar-refractivity contribution in [3.63, 3.8) is 0 Å². The van der Waals surface area contributed by atoms with Gasteiger partial charge in [0.05, 0.1) is 16.7 Å². The summed E-state index contributed by atoms with van der Waals surface area (Å²) in [6.45, 7) is 8.64. The van der Waals surface area contributed by atoms with E-state index in [9.17, 15) is 9.59 Å². The molecule has 3 aromatic rings. The second-order valence-corrected chi connectivity index (χ2v) is 8.32. The topological polar surface area (TPSA) is 64.0 Å². The average molecular weight is 396 g/mol. The van der Waals surface area contributed by atoms with E-state index in [0.717, 1.165) is 16.8 Å². The van der Waals surface area contributed by atoms with Crippen LogP contribution >= 0.6 is 11.8 Å². The molecule has 1 amide bonds. The van der Waals surface area contributed by atoms with E-state index >= 15 is 0 Å². The van der Waals surface area contributed by atoms with Crippen LogP contribution in [0.5, 0.6) is 0 Å². The largest absolute Gasteiger partial charge is 0.325 e. The number of rotatable bonds is 6. The van der Waals surface area contributed by atoms with Crippen LogP contribution in [0.3, 0.4) is 0 Å². The number of aryl methyl sites for hydroxylation is 2. The molecule has 0 bridgehead atoms. The molecule has 2 aromatic carbocycles. The van der Waals surface area contributed by atoms with Gasteiger partial charge < -0.3 is 5.32 Å². The Bertz CT molecular complexity index is 1070. The van der Waals surface area contributed by atoms with Crippen molar-refractivity contribution in [1.29, 1.82) is 0 Å². The van der Waals surface area contributed by atoms with Gasteiger partial charge in [-0.05, 0) is 49.1 Å². The van der Waals surface area contributed by atoms with Crippen LogP contribution in [0.1, 0.15) is 25.0 Å². The number of carbonyl (C=O) groups excluding carboxylic acids is 1. The highest BCUT2D eigenvalue weighted by molar-refractivity contribution is 7.99. The number of hydrogen-bond acceptors (Lipinski definition) is 4. The lowest BCUT2D eigenvalue weighted by Crippen LogP contribution is -2.26. The molecule has 0 spiro atoms. The summed E-state index contributed by atoms with van der Waals surface area (Å²) < 4.78 is 1.68. The number of para-hydroxylation sites is 1. The number of amides is 1. The molecule has 0 fully saturated rings. The molecule has 0 radical (unpaired) electrons. The number of nitrogens with zero attached hydrogens (tertiary/aromatic N) is 2. The Morgan fingerprint density at radius 1 is 1.18 bits per heavy atom. The molecule has 1 aromatic heterocycles. The minimum atomic E-state index is -0.114. The van der Waals surface area contributed by atoms with Crippen molar-refractivity contribution in [3.05, 3.63) is 63.9 Å². The third-order valence-corrected chi connectivity index (χ3v) is 5.35. The van der Waals surface area contributed by atoms with E-state index in [1.54, 1.807) is 10.6 Å². The Balaban J connectivity index is 1.84. The fraction of sp³-hybridized carbons (Fsp3) is 0.318. The predicted molar refractivity (Wildman–Crippen MR) is 116 cm³/mol. The molecule has 0 aliphatic heterocycles. The number of benzene rings is 2. The maximum absolute atomic E-state index is 12.9. The summed E-state index contributed by atoms with van der Waals surface area (Å²) in [4.78, 5) is 30.0. The lowest BCUT2D eigenvalue weighted by molar-refractivity contribution is -0.113. The van der Waals surface area contributed by atoms with Crippen LogP contribution in [-0.4, -0.2) is 21.2 Å². The van der Waals surface area contributed by atoms with Crippen molar-refractivity contribution in [1.82, 2.24) is 9.55 Å². The molecule has 0 saturated heterocycles. The zero-order valence-electron chi connectivity index (χ0n) is 16.7. The molecule has 1 N–H and O–H groups in total. The average Bonchev–Trinajstić information content (AvgIpc) is 2.65. The fourth-order valence-electron chi connectivity index (χ4n) is 2.97. The molecule has 0 atom stereocenters. The first-order valence-electron chi connectivity index (χ1n) is 9.34. The monoisotopic (exact) mass is 395 g/mol. The number of anilines is 1. The third kappa shape index (κ3) is 4.62. The molecular formula is C22H25N3O2S. The van der Waals surface area contributed by atoms with E-state index in [1.807, 2.05) is 50.2 Å². The smallest absolute Gasteiger partial charge is 0.262 e. The molecule has 3 rings (SSSR count). The minimum absolute atomic E-state index is 0.0586. The van der Waals surface area contributed by atoms with Crippen molar-refractivity contribution in [2.45, 2.75) is 39.4 Å².